The zero-order chi connectivity index (χ0) is 8.97. The minimum atomic E-state index is -0.463. The van der Waals surface area contributed by atoms with Gasteiger partial charge < -0.3 is 0 Å². The van der Waals surface area contributed by atoms with E-state index in [2.05, 4.69) is 16.8 Å². The van der Waals surface area contributed by atoms with E-state index in [0.717, 1.165) is 11.9 Å². The number of nitrogens with one attached hydrogen (secondary N) is 1. The fourth-order valence-electron chi connectivity index (χ4n) is 0.642. The second-order valence-corrected chi connectivity index (χ2v) is 2.77. The molecule has 0 fully saturated rings. The minimum Gasteiger partial charge on any atom is -0.258 e. The van der Waals surface area contributed by atoms with Crippen molar-refractivity contribution in [3.63, 3.8) is 0 Å². The first-order valence-corrected chi connectivity index (χ1v) is 3.85. The van der Waals surface area contributed by atoms with Crippen molar-refractivity contribution in [3.8, 4) is 0 Å². The fourth-order valence-corrected chi connectivity index (χ4v) is 1.08. The van der Waals surface area contributed by atoms with Crippen molar-refractivity contribution in [1.82, 2.24) is 9.71 Å². The third kappa shape index (κ3) is 2.18. The summed E-state index contributed by atoms with van der Waals surface area (Å²) in [5.41, 5.74) is 0.0303. The van der Waals surface area contributed by atoms with Crippen LogP contribution in [0.1, 0.15) is 0 Å². The summed E-state index contributed by atoms with van der Waals surface area (Å²) in [6, 6.07) is 2.72. The molecule has 1 heterocycles. The van der Waals surface area contributed by atoms with Gasteiger partial charge in [0.15, 0.2) is 0 Å². The van der Waals surface area contributed by atoms with Gasteiger partial charge >= 0.3 is 0 Å². The second kappa shape index (κ2) is 4.03. The molecule has 0 aliphatic carbocycles. The van der Waals surface area contributed by atoms with Crippen molar-refractivity contribution in [1.29, 1.82) is 0 Å². The lowest BCUT2D eigenvalue weighted by molar-refractivity contribution is -0.385. The van der Waals surface area contributed by atoms with Crippen LogP contribution < -0.4 is 4.72 Å². The highest BCUT2D eigenvalue weighted by molar-refractivity contribution is 7.97. The predicted octanol–water partition coefficient (Wildman–Crippen LogP) is 1.38. The molecule has 0 amide bonds. The topological polar surface area (TPSA) is 68.1 Å². The summed E-state index contributed by atoms with van der Waals surface area (Å²) in [7, 11) is 3.36. The molecule has 0 aliphatic rings. The number of rotatable bonds is 3. The summed E-state index contributed by atoms with van der Waals surface area (Å²) in [5.74, 6) is 0. The molecule has 1 N–H and O–H groups in total. The number of hydrogen-bond donors (Lipinski definition) is 1. The predicted molar refractivity (Wildman–Crippen MR) is 45.2 cm³/mol. The Bertz CT molecular complexity index is 292. The maximum Gasteiger partial charge on any atom is 0.273 e. The van der Waals surface area contributed by atoms with E-state index >= 15 is 0 Å². The Hall–Kier alpha value is -1.14. The molecule has 1 rings (SSSR count). The van der Waals surface area contributed by atoms with Gasteiger partial charge in [0, 0.05) is 25.4 Å². The molecule has 6 heteroatoms. The van der Waals surface area contributed by atoms with Gasteiger partial charge in [0.2, 0.25) is 0 Å². The number of aromatic nitrogens is 1. The van der Waals surface area contributed by atoms with Crippen LogP contribution in [0.4, 0.5) is 5.69 Å². The average Bonchev–Trinajstić information content (AvgIpc) is 2.05. The lowest BCUT2D eigenvalue weighted by atomic mass is 10.4. The lowest BCUT2D eigenvalue weighted by Crippen LogP contribution is -1.92. The Kier molecular flexibility index (Phi) is 3.01. The van der Waals surface area contributed by atoms with Crippen LogP contribution in [0, 0.1) is 17.2 Å². The van der Waals surface area contributed by atoms with E-state index in [9.17, 15) is 10.1 Å². The molecule has 0 bridgehead atoms. The third-order valence-corrected chi connectivity index (χ3v) is 1.68. The Labute approximate surface area is 73.5 Å². The Morgan fingerprint density at radius 3 is 3.08 bits per heavy atom. The summed E-state index contributed by atoms with van der Waals surface area (Å²) in [5, 5.41) is 10.8. The Morgan fingerprint density at radius 1 is 1.75 bits per heavy atom. The van der Waals surface area contributed by atoms with Crippen molar-refractivity contribution in [2.75, 3.05) is 0 Å². The van der Waals surface area contributed by atoms with Crippen molar-refractivity contribution in [2.45, 2.75) is 5.03 Å². The summed E-state index contributed by atoms with van der Waals surface area (Å²) in [4.78, 5) is 13.7. The van der Waals surface area contributed by atoms with Gasteiger partial charge in [0.1, 0.15) is 5.03 Å². The molecular formula is C6H6N3O2S. The molecule has 1 aromatic heterocycles. The lowest BCUT2D eigenvalue weighted by Gasteiger charge is -1.96. The van der Waals surface area contributed by atoms with Crippen molar-refractivity contribution in [3.05, 3.63) is 35.5 Å². The van der Waals surface area contributed by atoms with Crippen molar-refractivity contribution < 1.29 is 4.92 Å². The number of nitrogens with zero attached hydrogens (tertiary/aromatic N) is 2. The first-order valence-electron chi connectivity index (χ1n) is 3.03. The van der Waals surface area contributed by atoms with Crippen LogP contribution >= 0.6 is 11.9 Å². The molecule has 1 radical (unpaired) electrons. The average molecular weight is 184 g/mol. The van der Waals surface area contributed by atoms with E-state index in [0.29, 0.717) is 5.03 Å². The Balaban J connectivity index is 2.88. The van der Waals surface area contributed by atoms with E-state index in [1.165, 1.54) is 18.3 Å². The van der Waals surface area contributed by atoms with Crippen LogP contribution in [0.5, 0.6) is 0 Å². The van der Waals surface area contributed by atoms with Gasteiger partial charge in [-0.3, -0.25) is 14.8 Å². The quantitative estimate of drug-likeness (QED) is 0.436. The fraction of sp³-hybridized carbons (Fsp3) is 0. The monoisotopic (exact) mass is 184 g/mol. The molecule has 0 aliphatic heterocycles. The first-order chi connectivity index (χ1) is 5.74. The summed E-state index contributed by atoms with van der Waals surface area (Å²) in [6.07, 6.45) is 1.39. The maximum absolute atomic E-state index is 10.3. The van der Waals surface area contributed by atoms with Crippen molar-refractivity contribution in [2.24, 2.45) is 0 Å². The summed E-state index contributed by atoms with van der Waals surface area (Å²) >= 11 is 1.13. The van der Waals surface area contributed by atoms with Gasteiger partial charge in [-0.2, -0.15) is 0 Å². The first kappa shape index (κ1) is 8.95. The molecular weight excluding hydrogens is 178 g/mol. The largest absolute Gasteiger partial charge is 0.273 e. The van der Waals surface area contributed by atoms with Gasteiger partial charge in [-0.15, -0.1) is 0 Å². The highest BCUT2D eigenvalue weighted by Crippen LogP contribution is 2.17. The molecule has 0 saturated heterocycles. The van der Waals surface area contributed by atoms with Crippen LogP contribution in [-0.4, -0.2) is 9.91 Å². The van der Waals surface area contributed by atoms with Crippen LogP contribution in [-0.2, 0) is 0 Å². The maximum atomic E-state index is 10.3. The van der Waals surface area contributed by atoms with Crippen LogP contribution in [0.2, 0.25) is 0 Å². The van der Waals surface area contributed by atoms with Gasteiger partial charge in [-0.1, -0.05) is 0 Å². The zero-order valence-corrected chi connectivity index (χ0v) is 6.87. The molecule has 12 heavy (non-hydrogen) atoms. The molecule has 0 spiro atoms. The highest BCUT2D eigenvalue weighted by atomic mass is 32.2. The SMILES string of the molecule is [CH2]NSc1cc([N+](=O)[O-])ccn1. The highest BCUT2D eigenvalue weighted by Gasteiger charge is 2.05. The van der Waals surface area contributed by atoms with Crippen molar-refractivity contribution >= 4 is 17.6 Å². The standard InChI is InChI=1S/C6H6N3O2S/c1-7-12-6-4-5(9(10)11)2-3-8-6/h2-4,7H,1H2. The number of hydrogen-bond acceptors (Lipinski definition) is 5. The van der Waals surface area contributed by atoms with E-state index in [1.54, 1.807) is 0 Å². The Morgan fingerprint density at radius 2 is 2.50 bits per heavy atom. The molecule has 0 saturated carbocycles. The smallest absolute Gasteiger partial charge is 0.258 e. The molecule has 0 unspecified atom stereocenters. The summed E-state index contributed by atoms with van der Waals surface area (Å²) < 4.78 is 2.53. The van der Waals surface area contributed by atoms with E-state index in [-0.39, 0.29) is 5.69 Å². The van der Waals surface area contributed by atoms with Crippen LogP contribution in [0.25, 0.3) is 0 Å². The summed E-state index contributed by atoms with van der Waals surface area (Å²) in [6.45, 7) is 0. The minimum absolute atomic E-state index is 0.0303. The number of nitro groups is 1. The number of pyridine rings is 1. The van der Waals surface area contributed by atoms with E-state index in [4.69, 9.17) is 0 Å². The molecule has 0 aromatic carbocycles. The molecule has 63 valence electrons. The normalized spacial score (nSPS) is 9.75. The van der Waals surface area contributed by atoms with Gasteiger partial charge in [0.25, 0.3) is 5.69 Å². The van der Waals surface area contributed by atoms with Gasteiger partial charge in [-0.25, -0.2) is 4.98 Å². The zero-order valence-electron chi connectivity index (χ0n) is 6.06. The molecule has 1 aromatic rings. The second-order valence-electron chi connectivity index (χ2n) is 1.86. The molecule has 5 nitrogen and oxygen atoms in total. The van der Waals surface area contributed by atoms with Gasteiger partial charge in [0.05, 0.1) is 4.92 Å². The molecule has 0 atom stereocenters. The van der Waals surface area contributed by atoms with Crippen LogP contribution in [0.15, 0.2) is 23.4 Å². The third-order valence-electron chi connectivity index (χ3n) is 1.11. The van der Waals surface area contributed by atoms with E-state index in [1.807, 2.05) is 0 Å². The van der Waals surface area contributed by atoms with Gasteiger partial charge in [-0.05, 0) is 11.9 Å². The van der Waals surface area contributed by atoms with Crippen LogP contribution in [0.3, 0.4) is 0 Å². The van der Waals surface area contributed by atoms with E-state index < -0.39 is 4.92 Å².